The summed E-state index contributed by atoms with van der Waals surface area (Å²) < 4.78 is 0. The molecule has 1 saturated carbocycles. The summed E-state index contributed by atoms with van der Waals surface area (Å²) in [6.45, 7) is 12.3. The van der Waals surface area contributed by atoms with Gasteiger partial charge in [0.1, 0.15) is 54.4 Å². The van der Waals surface area contributed by atoms with Gasteiger partial charge in [-0.1, -0.05) is 60.3 Å². The molecule has 0 unspecified atom stereocenters. The monoisotopic (exact) mass is 1240 g/mol. The van der Waals surface area contributed by atoms with Gasteiger partial charge in [0, 0.05) is 38.1 Å². The molecule has 0 heterocycles. The van der Waals surface area contributed by atoms with Crippen molar-refractivity contribution >= 4 is 88.9 Å². The van der Waals surface area contributed by atoms with Crippen LogP contribution in [0, 0.1) is 17.8 Å². The predicted octanol–water partition coefficient (Wildman–Crippen LogP) is -1.58. The van der Waals surface area contributed by atoms with Gasteiger partial charge in [0.25, 0.3) is 0 Å². The Hall–Kier alpha value is -7.99. The van der Waals surface area contributed by atoms with Crippen LogP contribution in [-0.4, -0.2) is 176 Å². The fourth-order valence-corrected chi connectivity index (χ4v) is 8.51. The van der Waals surface area contributed by atoms with E-state index in [-0.39, 0.29) is 68.9 Å². The number of nitrogens with one attached hydrogen (secondary N) is 10. The average Bonchev–Trinajstić information content (AvgIpc) is 3.52. The summed E-state index contributed by atoms with van der Waals surface area (Å²) in [5.41, 5.74) is 11.2. The Morgan fingerprint density at radius 3 is 1.11 bits per heavy atom. The van der Waals surface area contributed by atoms with Crippen molar-refractivity contribution in [3.8, 4) is 0 Å². The molecule has 1 fully saturated rings. The maximum Gasteiger partial charge on any atom is 0.303 e. The SMILES string of the molecule is CCCC[C@H](NC(=O)[C@H](CCC(N)=O)NC(=O)[C@H](CCCCN)NC(=O)[C@@H](CC1CC1)NC(=O)[C@H](CC(C)C)NC(=O)CCC(=O)O)C(=O)N[C@@H](CCC(=O)O)C(=O)N[C@@H](CCC(=O)O)C(=O)N[C@@H](CCC(=O)O)C(=O)N[C@@H](C)C(=O)N[C@H](C)C(C)C. The summed E-state index contributed by atoms with van der Waals surface area (Å²) >= 11 is 0. The minimum atomic E-state index is -1.82. The van der Waals surface area contributed by atoms with Gasteiger partial charge in [-0.15, -0.1) is 0 Å². The quantitative estimate of drug-likeness (QED) is 0.0306. The second-order valence-electron chi connectivity index (χ2n) is 22.8. The van der Waals surface area contributed by atoms with Crippen molar-refractivity contribution < 1.29 is 92.3 Å². The third kappa shape index (κ3) is 32.9. The van der Waals surface area contributed by atoms with Crippen molar-refractivity contribution in [1.29, 1.82) is 0 Å². The lowest BCUT2D eigenvalue weighted by molar-refractivity contribution is -0.140. The second-order valence-corrected chi connectivity index (χ2v) is 22.8. The summed E-state index contributed by atoms with van der Waals surface area (Å²) in [7, 11) is 0. The molecule has 18 N–H and O–H groups in total. The Morgan fingerprint density at radius 2 is 0.759 bits per heavy atom. The van der Waals surface area contributed by atoms with Gasteiger partial charge in [-0.3, -0.25) is 71.9 Å². The fourth-order valence-electron chi connectivity index (χ4n) is 8.51. The Bertz CT molecular complexity index is 2390. The van der Waals surface area contributed by atoms with Crippen LogP contribution >= 0.6 is 0 Å². The molecule has 0 aromatic carbocycles. The molecular weight excluding hydrogens is 1140 g/mol. The summed E-state index contributed by atoms with van der Waals surface area (Å²) in [4.78, 5) is 196. The van der Waals surface area contributed by atoms with E-state index in [9.17, 15) is 87.2 Å². The maximum atomic E-state index is 14.3. The topological polar surface area (TPSA) is 509 Å². The predicted molar refractivity (Wildman–Crippen MR) is 311 cm³/mol. The number of aliphatic carboxylic acids is 4. The molecule has 0 aromatic rings. The van der Waals surface area contributed by atoms with E-state index < -0.39 is 207 Å². The maximum absolute atomic E-state index is 14.3. The fraction of sp³-hybridized carbons (Fsp3) is 0.732. The van der Waals surface area contributed by atoms with Gasteiger partial charge in [-0.05, 0) is 102 Å². The van der Waals surface area contributed by atoms with Crippen LogP contribution in [0.25, 0.3) is 0 Å². The van der Waals surface area contributed by atoms with Gasteiger partial charge in [0.05, 0.1) is 6.42 Å². The highest BCUT2D eigenvalue weighted by Gasteiger charge is 2.37. The molecular formula is C56H94N12O19. The van der Waals surface area contributed by atoms with Crippen LogP contribution in [0.3, 0.4) is 0 Å². The van der Waals surface area contributed by atoms with Crippen molar-refractivity contribution in [3.05, 3.63) is 0 Å². The standard InChI is InChI=1S/C56H94N12O19/c1-8-9-12-34(50(81)66-38(18-23-45(73)74)54(85)67-39(19-24-46(75)76)53(84)65-37(17-22-44(71)72)49(80)60-32(7)48(79)59-31(6)30(4)5)62-52(83)36(16-20-42(58)69)64-51(82)35(13-10-11-26-57)63-56(87)41(28-33-14-15-33)68-55(86)40(27-29(2)3)61-43(70)21-25-47(77)78/h29-41H,8-28,57H2,1-7H3,(H2,58,69)(H,59,79)(H,60,80)(H,61,70)(H,62,83)(H,63,87)(H,64,82)(H,65,84)(H,66,81)(H,67,85)(H,68,86)(H,71,72)(H,73,74)(H,75,76)(H,77,78)/t31-,32+,34+,35+,36+,37+,38+,39+,40+,41-/m1/s1. The smallest absolute Gasteiger partial charge is 0.303 e. The highest BCUT2D eigenvalue weighted by molar-refractivity contribution is 5.99. The minimum Gasteiger partial charge on any atom is -0.481 e. The molecule has 31 nitrogen and oxygen atoms in total. The van der Waals surface area contributed by atoms with Crippen molar-refractivity contribution in [2.75, 3.05) is 6.54 Å². The lowest BCUT2D eigenvalue weighted by Gasteiger charge is -2.28. The number of amides is 11. The number of unbranched alkanes of at least 4 members (excludes halogenated alkanes) is 2. The minimum absolute atomic E-state index is 0.0165. The van der Waals surface area contributed by atoms with Gasteiger partial charge in [0.15, 0.2) is 0 Å². The molecule has 0 spiro atoms. The van der Waals surface area contributed by atoms with Crippen LogP contribution in [-0.2, 0) is 71.9 Å². The lowest BCUT2D eigenvalue weighted by Crippen LogP contribution is -2.60. The largest absolute Gasteiger partial charge is 0.481 e. The van der Waals surface area contributed by atoms with E-state index in [1.165, 1.54) is 6.92 Å². The van der Waals surface area contributed by atoms with Crippen molar-refractivity contribution in [1.82, 2.24) is 53.2 Å². The highest BCUT2D eigenvalue weighted by Crippen LogP contribution is 2.33. The number of rotatable bonds is 46. The van der Waals surface area contributed by atoms with Crippen LogP contribution < -0.4 is 64.6 Å². The number of hydrogen-bond acceptors (Lipinski definition) is 16. The van der Waals surface area contributed by atoms with Gasteiger partial charge in [-0.2, -0.15) is 0 Å². The second kappa shape index (κ2) is 40.4. The van der Waals surface area contributed by atoms with Crippen LogP contribution in [0.4, 0.5) is 0 Å². The zero-order valence-corrected chi connectivity index (χ0v) is 50.9. The molecule has 11 amide bonds. The molecule has 0 aliphatic heterocycles. The van der Waals surface area contributed by atoms with E-state index in [0.717, 1.165) is 12.8 Å². The third-order valence-corrected chi connectivity index (χ3v) is 14.2. The summed E-state index contributed by atoms with van der Waals surface area (Å²) in [5.74, 6) is -15.8. The van der Waals surface area contributed by atoms with E-state index in [2.05, 4.69) is 53.2 Å². The van der Waals surface area contributed by atoms with Crippen LogP contribution in [0.5, 0.6) is 0 Å². The number of hydrogen-bond donors (Lipinski definition) is 16. The summed E-state index contributed by atoms with van der Waals surface area (Å²) in [6.07, 6.45) is -2.90. The van der Waals surface area contributed by atoms with Gasteiger partial charge >= 0.3 is 23.9 Å². The number of carboxylic acids is 4. The molecule has 1 aliphatic rings. The highest BCUT2D eigenvalue weighted by atomic mass is 16.4. The zero-order chi connectivity index (χ0) is 66.1. The van der Waals surface area contributed by atoms with Crippen molar-refractivity contribution in [2.45, 2.75) is 237 Å². The van der Waals surface area contributed by atoms with Gasteiger partial charge < -0.3 is 85.1 Å². The van der Waals surface area contributed by atoms with Crippen LogP contribution in [0.2, 0.25) is 0 Å². The number of primary amides is 1. The first-order valence-electron chi connectivity index (χ1n) is 29.7. The Kier molecular flexibility index (Phi) is 35.8. The number of nitrogens with two attached hydrogens (primary N) is 2. The molecule has 31 heteroatoms. The van der Waals surface area contributed by atoms with E-state index >= 15 is 0 Å². The van der Waals surface area contributed by atoms with Crippen molar-refractivity contribution in [2.24, 2.45) is 29.2 Å². The first-order valence-corrected chi connectivity index (χ1v) is 29.7. The number of carbonyl (C=O) groups excluding carboxylic acids is 11. The van der Waals surface area contributed by atoms with E-state index in [4.69, 9.17) is 16.6 Å². The zero-order valence-electron chi connectivity index (χ0n) is 50.9. The summed E-state index contributed by atoms with van der Waals surface area (Å²) in [6, 6.07) is -13.7. The Balaban J connectivity index is 3.60. The molecule has 0 aromatic heterocycles. The molecule has 0 bridgehead atoms. The van der Waals surface area contributed by atoms with Crippen LogP contribution in [0.1, 0.15) is 177 Å². The van der Waals surface area contributed by atoms with E-state index in [1.54, 1.807) is 27.7 Å². The average molecular weight is 1240 g/mol. The number of carbonyl (C=O) groups is 15. The Labute approximate surface area is 506 Å². The molecule has 87 heavy (non-hydrogen) atoms. The molecule has 0 saturated heterocycles. The molecule has 10 atom stereocenters. The summed E-state index contributed by atoms with van der Waals surface area (Å²) in [5, 5.41) is 62.7. The first kappa shape index (κ1) is 77.0. The lowest BCUT2D eigenvalue weighted by atomic mass is 10.0. The van der Waals surface area contributed by atoms with Gasteiger partial charge in [-0.25, -0.2) is 0 Å². The van der Waals surface area contributed by atoms with Crippen molar-refractivity contribution in [3.63, 3.8) is 0 Å². The van der Waals surface area contributed by atoms with Crippen LogP contribution in [0.15, 0.2) is 0 Å². The number of carboxylic acid groups (broad SMARTS) is 4. The van der Waals surface area contributed by atoms with E-state index in [1.807, 2.05) is 13.8 Å². The first-order chi connectivity index (χ1) is 40.8. The molecule has 1 aliphatic carbocycles. The third-order valence-electron chi connectivity index (χ3n) is 14.2. The van der Waals surface area contributed by atoms with Gasteiger partial charge in [0.2, 0.25) is 65.0 Å². The molecule has 492 valence electrons. The molecule has 0 radical (unpaired) electrons. The van der Waals surface area contributed by atoms with E-state index in [0.29, 0.717) is 12.8 Å². The Morgan fingerprint density at radius 1 is 0.402 bits per heavy atom. The molecule has 1 rings (SSSR count). The normalized spacial score (nSPS) is 15.4.